The number of ether oxygens (including phenoxy) is 1. The third-order valence-electron chi connectivity index (χ3n) is 5.96. The molecule has 1 aliphatic heterocycles. The summed E-state index contributed by atoms with van der Waals surface area (Å²) in [4.78, 5) is 18.4. The molecule has 1 saturated heterocycles. The van der Waals surface area contributed by atoms with Gasteiger partial charge in [0.2, 0.25) is 15.2 Å². The molecule has 196 valence electrons. The quantitative estimate of drug-likeness (QED) is 0.211. The van der Waals surface area contributed by atoms with E-state index in [0.717, 1.165) is 20.3 Å². The van der Waals surface area contributed by atoms with Gasteiger partial charge in [-0.25, -0.2) is 13.4 Å². The zero-order chi connectivity index (χ0) is 26.9. The predicted octanol–water partition coefficient (Wildman–Crippen LogP) is 5.54. The molecule has 0 spiro atoms. The van der Waals surface area contributed by atoms with Crippen molar-refractivity contribution in [3.8, 4) is 0 Å². The Balaban J connectivity index is 1.46. The van der Waals surface area contributed by atoms with Crippen molar-refractivity contribution >= 4 is 64.8 Å². The summed E-state index contributed by atoms with van der Waals surface area (Å²) in [6.45, 7) is 4.27. The van der Waals surface area contributed by atoms with Gasteiger partial charge in [0.25, 0.3) is 5.91 Å². The van der Waals surface area contributed by atoms with Crippen molar-refractivity contribution < 1.29 is 17.9 Å². The van der Waals surface area contributed by atoms with Crippen LogP contribution in [0.25, 0.3) is 10.2 Å². The second kappa shape index (κ2) is 11.0. The van der Waals surface area contributed by atoms with Gasteiger partial charge in [-0.05, 0) is 61.9 Å². The molecule has 5 rings (SSSR count). The molecule has 38 heavy (non-hydrogen) atoms. The van der Waals surface area contributed by atoms with Crippen molar-refractivity contribution in [2.24, 2.45) is 5.10 Å². The largest absolute Gasteiger partial charge is 0.373 e. The molecule has 1 fully saturated rings. The average Bonchev–Trinajstić information content (AvgIpc) is 3.31. The third-order valence-corrected chi connectivity index (χ3v) is 9.29. The van der Waals surface area contributed by atoms with E-state index in [1.807, 2.05) is 62.4 Å². The topological polar surface area (TPSA) is 92.2 Å². The van der Waals surface area contributed by atoms with Crippen LogP contribution in [0.1, 0.15) is 29.8 Å². The van der Waals surface area contributed by atoms with E-state index >= 15 is 0 Å². The minimum atomic E-state index is -3.73. The van der Waals surface area contributed by atoms with Crippen molar-refractivity contribution in [2.45, 2.75) is 31.0 Å². The van der Waals surface area contributed by atoms with Crippen molar-refractivity contribution in [2.75, 3.05) is 18.1 Å². The number of benzene rings is 3. The highest BCUT2D eigenvalue weighted by Crippen LogP contribution is 2.32. The number of hydrogen-bond acceptors (Lipinski definition) is 7. The Morgan fingerprint density at radius 1 is 1.08 bits per heavy atom. The van der Waals surface area contributed by atoms with Gasteiger partial charge in [0.1, 0.15) is 0 Å². The van der Waals surface area contributed by atoms with Gasteiger partial charge in [-0.15, -0.1) is 0 Å². The van der Waals surface area contributed by atoms with Crippen LogP contribution in [-0.4, -0.2) is 55.1 Å². The summed E-state index contributed by atoms with van der Waals surface area (Å²) in [5, 5.41) is 6.13. The van der Waals surface area contributed by atoms with Crippen molar-refractivity contribution in [1.29, 1.82) is 0 Å². The highest BCUT2D eigenvalue weighted by atomic mass is 79.9. The van der Waals surface area contributed by atoms with Gasteiger partial charge in [0.05, 0.1) is 33.5 Å². The van der Waals surface area contributed by atoms with Crippen molar-refractivity contribution in [3.63, 3.8) is 0 Å². The number of carbonyl (C=O) groups is 1. The summed E-state index contributed by atoms with van der Waals surface area (Å²) in [7, 11) is -3.73. The molecule has 0 aliphatic carbocycles. The fourth-order valence-electron chi connectivity index (χ4n) is 4.20. The number of nitrogens with zero attached hydrogens (tertiary/aromatic N) is 4. The molecule has 8 nitrogen and oxygen atoms in total. The Hall–Kier alpha value is -2.96. The zero-order valence-corrected chi connectivity index (χ0v) is 23.9. The molecule has 2 heterocycles. The number of morpholine rings is 1. The molecule has 3 aromatic carbocycles. The molecule has 0 bridgehead atoms. The lowest BCUT2D eigenvalue weighted by atomic mass is 10.2. The number of fused-ring (bicyclic) bond motifs is 1. The van der Waals surface area contributed by atoms with Crippen molar-refractivity contribution in [1.82, 2.24) is 9.29 Å². The van der Waals surface area contributed by atoms with E-state index < -0.39 is 15.9 Å². The maximum Gasteiger partial charge on any atom is 0.280 e. The number of hydrogen-bond donors (Lipinski definition) is 0. The lowest BCUT2D eigenvalue weighted by molar-refractivity contribution is -0.0440. The second-order valence-corrected chi connectivity index (χ2v) is 12.8. The van der Waals surface area contributed by atoms with Crippen LogP contribution in [0.5, 0.6) is 0 Å². The molecular weight excluding hydrogens is 588 g/mol. The fraction of sp³-hybridized carbons (Fsp3) is 0.222. The third kappa shape index (κ3) is 5.71. The number of aromatic nitrogens is 1. The molecule has 1 aromatic heterocycles. The number of thiazole rings is 1. The second-order valence-electron chi connectivity index (χ2n) is 8.98. The minimum absolute atomic E-state index is 0.125. The summed E-state index contributed by atoms with van der Waals surface area (Å²) in [6, 6.07) is 21.1. The maximum absolute atomic E-state index is 13.7. The summed E-state index contributed by atoms with van der Waals surface area (Å²) >= 11 is 4.81. The van der Waals surface area contributed by atoms with Crippen LogP contribution in [0.4, 0.5) is 5.13 Å². The predicted molar refractivity (Wildman–Crippen MR) is 153 cm³/mol. The van der Waals surface area contributed by atoms with E-state index in [0.29, 0.717) is 10.7 Å². The first-order valence-corrected chi connectivity index (χ1v) is 15.0. The molecule has 1 aliphatic rings. The molecule has 0 saturated carbocycles. The van der Waals surface area contributed by atoms with Crippen LogP contribution in [0.15, 0.2) is 87.3 Å². The van der Waals surface area contributed by atoms with Gasteiger partial charge in [0, 0.05) is 23.1 Å². The highest BCUT2D eigenvalue weighted by Gasteiger charge is 2.32. The van der Waals surface area contributed by atoms with Gasteiger partial charge in [-0.3, -0.25) is 4.79 Å². The minimum Gasteiger partial charge on any atom is -0.373 e. The molecule has 0 radical (unpaired) electrons. The van der Waals surface area contributed by atoms with Crippen LogP contribution in [0.2, 0.25) is 0 Å². The van der Waals surface area contributed by atoms with E-state index in [9.17, 15) is 13.2 Å². The maximum atomic E-state index is 13.7. The molecule has 1 amide bonds. The lowest BCUT2D eigenvalue weighted by Gasteiger charge is -2.34. The van der Waals surface area contributed by atoms with Gasteiger partial charge >= 0.3 is 0 Å². The van der Waals surface area contributed by atoms with E-state index in [1.165, 1.54) is 44.9 Å². The SMILES string of the molecule is CC1CN(S(=O)(=O)c2ccc(C(=O)N(/N=C/c3ccccc3)c3nc4ccc(Br)cc4s3)cc2)CC(C)O1. The van der Waals surface area contributed by atoms with Crippen molar-refractivity contribution in [3.05, 3.63) is 88.4 Å². The van der Waals surface area contributed by atoms with E-state index in [2.05, 4.69) is 26.0 Å². The van der Waals surface area contributed by atoms with Crippen LogP contribution < -0.4 is 5.01 Å². The van der Waals surface area contributed by atoms with E-state index in [4.69, 9.17) is 4.74 Å². The number of sulfonamides is 1. The fourth-order valence-corrected chi connectivity index (χ4v) is 7.26. The van der Waals surface area contributed by atoms with Gasteiger partial charge < -0.3 is 4.74 Å². The number of rotatable bonds is 6. The first kappa shape index (κ1) is 26.6. The smallest absolute Gasteiger partial charge is 0.280 e. The molecular formula is C27H25BrN4O4S2. The average molecular weight is 614 g/mol. The summed E-state index contributed by atoms with van der Waals surface area (Å²) in [5.41, 5.74) is 1.86. The van der Waals surface area contributed by atoms with Crippen LogP contribution in [-0.2, 0) is 14.8 Å². The van der Waals surface area contributed by atoms with Crippen LogP contribution in [0, 0.1) is 0 Å². The monoisotopic (exact) mass is 612 g/mol. The first-order valence-electron chi connectivity index (χ1n) is 12.0. The summed E-state index contributed by atoms with van der Waals surface area (Å²) in [5.74, 6) is -0.423. The number of carbonyl (C=O) groups excluding carboxylic acids is 1. The number of amides is 1. The Morgan fingerprint density at radius 2 is 1.76 bits per heavy atom. The normalized spacial score (nSPS) is 18.7. The zero-order valence-electron chi connectivity index (χ0n) is 20.7. The highest BCUT2D eigenvalue weighted by molar-refractivity contribution is 9.10. The van der Waals surface area contributed by atoms with Gasteiger partial charge in [0.15, 0.2) is 0 Å². The first-order chi connectivity index (χ1) is 18.2. The summed E-state index contributed by atoms with van der Waals surface area (Å²) in [6.07, 6.45) is 1.21. The van der Waals surface area contributed by atoms with Crippen LogP contribution in [0.3, 0.4) is 0 Å². The number of anilines is 1. The molecule has 0 N–H and O–H groups in total. The Bertz CT molecular complexity index is 1580. The number of halogens is 1. The molecule has 4 aromatic rings. The van der Waals surface area contributed by atoms with E-state index in [1.54, 1.807) is 6.21 Å². The Kier molecular flexibility index (Phi) is 7.73. The molecule has 2 atom stereocenters. The van der Waals surface area contributed by atoms with Crippen LogP contribution >= 0.6 is 27.3 Å². The lowest BCUT2D eigenvalue weighted by Crippen LogP contribution is -2.48. The standard InChI is InChI=1S/C27H25BrN4O4S2/c1-18-16-31(17-19(2)36-18)38(34,35)23-11-8-21(9-12-23)26(33)32(29-15-20-6-4-3-5-7-20)27-30-24-13-10-22(28)14-25(24)37-27/h3-15,18-19H,16-17H2,1-2H3/b29-15+. The van der Waals surface area contributed by atoms with Gasteiger partial charge in [-0.2, -0.15) is 14.4 Å². The molecule has 2 unspecified atom stereocenters. The number of hydrazone groups is 1. The van der Waals surface area contributed by atoms with E-state index in [-0.39, 0.29) is 30.2 Å². The Labute approximate surface area is 233 Å². The summed E-state index contributed by atoms with van der Waals surface area (Å²) < 4.78 is 35.4. The Morgan fingerprint density at radius 3 is 2.45 bits per heavy atom. The van der Waals surface area contributed by atoms with Gasteiger partial charge in [-0.1, -0.05) is 57.6 Å². The molecule has 11 heteroatoms.